The lowest BCUT2D eigenvalue weighted by atomic mass is 10.2. The van der Waals surface area contributed by atoms with Crippen LogP contribution in [0.25, 0.3) is 0 Å². The first-order valence-electron chi connectivity index (χ1n) is 5.71. The Labute approximate surface area is 99.3 Å². The van der Waals surface area contributed by atoms with Crippen LogP contribution in [0.2, 0.25) is 0 Å². The number of fused-ring (bicyclic) bond motifs is 1. The number of nitrogens with one attached hydrogen (secondary N) is 1. The molecule has 4 heteroatoms. The molecular formula is C13H13N3O. The number of hydrogen-bond acceptors (Lipinski definition) is 2. The van der Waals surface area contributed by atoms with E-state index in [2.05, 4.69) is 16.3 Å². The molecule has 17 heavy (non-hydrogen) atoms. The average Bonchev–Trinajstić information content (AvgIpc) is 2.96. The Kier molecular flexibility index (Phi) is 2.40. The van der Waals surface area contributed by atoms with E-state index in [0.717, 1.165) is 24.3 Å². The third-order valence-corrected chi connectivity index (χ3v) is 3.09. The number of rotatable bonds is 2. The zero-order valence-corrected chi connectivity index (χ0v) is 9.39. The summed E-state index contributed by atoms with van der Waals surface area (Å²) in [4.78, 5) is 14.0. The van der Waals surface area contributed by atoms with E-state index in [-0.39, 0.29) is 5.91 Å². The van der Waals surface area contributed by atoms with Crippen LogP contribution in [0.4, 0.5) is 5.69 Å². The van der Waals surface area contributed by atoms with Crippen molar-refractivity contribution >= 4 is 11.6 Å². The van der Waals surface area contributed by atoms with Crippen LogP contribution in [0.1, 0.15) is 11.3 Å². The molecule has 1 N–H and O–H groups in total. The van der Waals surface area contributed by atoms with E-state index in [1.54, 1.807) is 6.20 Å². The van der Waals surface area contributed by atoms with Crippen LogP contribution >= 0.6 is 0 Å². The van der Waals surface area contributed by atoms with Crippen molar-refractivity contribution in [2.75, 3.05) is 11.4 Å². The lowest BCUT2D eigenvalue weighted by molar-refractivity contribution is -0.117. The van der Waals surface area contributed by atoms with Gasteiger partial charge in [0.2, 0.25) is 5.91 Å². The van der Waals surface area contributed by atoms with E-state index < -0.39 is 0 Å². The molecular weight excluding hydrogens is 214 g/mol. The van der Waals surface area contributed by atoms with Gasteiger partial charge in [-0.25, -0.2) is 0 Å². The molecule has 1 aliphatic heterocycles. The molecule has 2 aromatic rings. The minimum atomic E-state index is 0.124. The molecule has 86 valence electrons. The number of carbonyl (C=O) groups is 1. The zero-order chi connectivity index (χ0) is 11.7. The monoisotopic (exact) mass is 227 g/mol. The van der Waals surface area contributed by atoms with Gasteiger partial charge >= 0.3 is 0 Å². The fraction of sp³-hybridized carbons (Fsp3) is 0.231. The van der Waals surface area contributed by atoms with Crippen LogP contribution in [0.15, 0.2) is 36.5 Å². The first kappa shape index (κ1) is 10.1. The van der Waals surface area contributed by atoms with Gasteiger partial charge in [0.1, 0.15) is 0 Å². The maximum atomic E-state index is 12.2. The van der Waals surface area contributed by atoms with E-state index in [4.69, 9.17) is 0 Å². The Morgan fingerprint density at radius 1 is 1.35 bits per heavy atom. The molecule has 0 aliphatic carbocycles. The number of hydrogen-bond donors (Lipinski definition) is 1. The first-order valence-corrected chi connectivity index (χ1v) is 5.71. The normalized spacial score (nSPS) is 13.8. The molecule has 2 heterocycles. The van der Waals surface area contributed by atoms with E-state index >= 15 is 0 Å². The molecule has 0 radical (unpaired) electrons. The Hall–Kier alpha value is -2.10. The van der Waals surface area contributed by atoms with Gasteiger partial charge in [0, 0.05) is 24.1 Å². The highest BCUT2D eigenvalue weighted by Gasteiger charge is 2.24. The number of H-pyrrole nitrogens is 1. The van der Waals surface area contributed by atoms with Crippen LogP contribution in [0.5, 0.6) is 0 Å². The molecule has 0 saturated heterocycles. The Morgan fingerprint density at radius 2 is 2.24 bits per heavy atom. The van der Waals surface area contributed by atoms with Gasteiger partial charge in [-0.2, -0.15) is 5.10 Å². The van der Waals surface area contributed by atoms with Crippen LogP contribution in [0, 0.1) is 0 Å². The lowest BCUT2D eigenvalue weighted by Gasteiger charge is -2.16. The number of anilines is 1. The zero-order valence-electron chi connectivity index (χ0n) is 9.39. The summed E-state index contributed by atoms with van der Waals surface area (Å²) in [7, 11) is 0. The van der Waals surface area contributed by atoms with Crippen molar-refractivity contribution in [2.45, 2.75) is 12.8 Å². The van der Waals surface area contributed by atoms with Crippen LogP contribution in [-0.4, -0.2) is 22.6 Å². The summed E-state index contributed by atoms with van der Waals surface area (Å²) in [6.45, 7) is 0.784. The number of nitrogens with zero attached hydrogens (tertiary/aromatic N) is 2. The molecule has 0 saturated carbocycles. The van der Waals surface area contributed by atoms with E-state index in [0.29, 0.717) is 6.42 Å². The second-order valence-corrected chi connectivity index (χ2v) is 4.18. The van der Waals surface area contributed by atoms with Gasteiger partial charge in [0.05, 0.1) is 6.42 Å². The van der Waals surface area contributed by atoms with E-state index in [1.807, 2.05) is 29.2 Å². The first-order chi connectivity index (χ1) is 8.34. The minimum Gasteiger partial charge on any atom is -0.311 e. The summed E-state index contributed by atoms with van der Waals surface area (Å²) in [6, 6.07) is 9.91. The van der Waals surface area contributed by atoms with Crippen molar-refractivity contribution in [3.8, 4) is 0 Å². The number of aromatic amines is 1. The number of carbonyl (C=O) groups excluding carboxylic acids is 1. The molecule has 3 rings (SSSR count). The van der Waals surface area contributed by atoms with Crippen molar-refractivity contribution in [3.63, 3.8) is 0 Å². The van der Waals surface area contributed by atoms with Crippen molar-refractivity contribution in [1.29, 1.82) is 0 Å². The second-order valence-electron chi connectivity index (χ2n) is 4.18. The van der Waals surface area contributed by atoms with Gasteiger partial charge in [0.25, 0.3) is 0 Å². The highest BCUT2D eigenvalue weighted by Crippen LogP contribution is 2.27. The van der Waals surface area contributed by atoms with Crippen LogP contribution in [0.3, 0.4) is 0 Å². The van der Waals surface area contributed by atoms with Crippen molar-refractivity contribution in [2.24, 2.45) is 0 Å². The molecule has 1 aromatic heterocycles. The smallest absolute Gasteiger partial charge is 0.232 e. The molecule has 0 unspecified atom stereocenters. The van der Waals surface area contributed by atoms with Gasteiger partial charge in [-0.05, 0) is 24.1 Å². The Morgan fingerprint density at radius 3 is 3.06 bits per heavy atom. The molecule has 1 amide bonds. The molecule has 0 spiro atoms. The summed E-state index contributed by atoms with van der Waals surface area (Å²) in [5, 5.41) is 6.67. The standard InChI is InChI=1S/C13H13N3O/c17-13(9-11-5-7-14-15-11)16-8-6-10-3-1-2-4-12(10)16/h1-5,7H,6,8-9H2,(H,14,15). The Bertz CT molecular complexity index is 533. The summed E-state index contributed by atoms with van der Waals surface area (Å²) in [5.41, 5.74) is 3.17. The fourth-order valence-electron chi connectivity index (χ4n) is 2.24. The van der Waals surface area contributed by atoms with Gasteiger partial charge in [0.15, 0.2) is 0 Å². The van der Waals surface area contributed by atoms with Gasteiger partial charge < -0.3 is 4.90 Å². The molecule has 1 aliphatic rings. The van der Waals surface area contributed by atoms with Gasteiger partial charge in [-0.1, -0.05) is 18.2 Å². The highest BCUT2D eigenvalue weighted by atomic mass is 16.2. The molecule has 0 atom stereocenters. The van der Waals surface area contributed by atoms with Gasteiger partial charge in [-0.3, -0.25) is 9.89 Å². The quantitative estimate of drug-likeness (QED) is 0.846. The topological polar surface area (TPSA) is 49.0 Å². The van der Waals surface area contributed by atoms with Crippen molar-refractivity contribution in [3.05, 3.63) is 47.8 Å². The summed E-state index contributed by atoms with van der Waals surface area (Å²) >= 11 is 0. The Balaban J connectivity index is 1.80. The largest absolute Gasteiger partial charge is 0.311 e. The third-order valence-electron chi connectivity index (χ3n) is 3.09. The maximum Gasteiger partial charge on any atom is 0.232 e. The van der Waals surface area contributed by atoms with Gasteiger partial charge in [-0.15, -0.1) is 0 Å². The van der Waals surface area contributed by atoms with Crippen molar-refractivity contribution in [1.82, 2.24) is 10.2 Å². The third kappa shape index (κ3) is 1.82. The lowest BCUT2D eigenvalue weighted by Crippen LogP contribution is -2.30. The fourth-order valence-corrected chi connectivity index (χ4v) is 2.24. The van der Waals surface area contributed by atoms with Crippen molar-refractivity contribution < 1.29 is 4.79 Å². The summed E-state index contributed by atoms with van der Waals surface area (Å²) in [6.07, 6.45) is 3.00. The highest BCUT2D eigenvalue weighted by molar-refractivity contribution is 5.96. The van der Waals surface area contributed by atoms with E-state index in [9.17, 15) is 4.79 Å². The minimum absolute atomic E-state index is 0.124. The van der Waals surface area contributed by atoms with E-state index in [1.165, 1.54) is 5.56 Å². The van der Waals surface area contributed by atoms with Crippen LogP contribution < -0.4 is 4.90 Å². The number of benzene rings is 1. The number of aromatic nitrogens is 2. The number of amides is 1. The molecule has 1 aromatic carbocycles. The predicted octanol–water partition coefficient (Wildman–Crippen LogP) is 1.54. The predicted molar refractivity (Wildman–Crippen MR) is 64.8 cm³/mol. The van der Waals surface area contributed by atoms with Crippen LogP contribution in [-0.2, 0) is 17.6 Å². The molecule has 4 nitrogen and oxygen atoms in total. The second kappa shape index (κ2) is 4.05. The molecule has 0 bridgehead atoms. The summed E-state index contributed by atoms with van der Waals surface area (Å²) in [5.74, 6) is 0.124. The number of para-hydroxylation sites is 1. The average molecular weight is 227 g/mol. The SMILES string of the molecule is O=C(Cc1ccn[nH]1)N1CCc2ccccc21. The summed E-state index contributed by atoms with van der Waals surface area (Å²) < 4.78 is 0. The molecule has 0 fully saturated rings. The maximum absolute atomic E-state index is 12.2.